The molecule has 0 aliphatic rings. The molecule has 1 heterocycles. The fourth-order valence-corrected chi connectivity index (χ4v) is 3.30. The van der Waals surface area contributed by atoms with E-state index in [9.17, 15) is 5.11 Å². The molecule has 3 nitrogen and oxygen atoms in total. The molecule has 3 aromatic rings. The van der Waals surface area contributed by atoms with Crippen LogP contribution < -0.4 is 0 Å². The largest absolute Gasteiger partial charge is 0.508 e. The molecule has 0 amide bonds. The summed E-state index contributed by atoms with van der Waals surface area (Å²) in [7, 11) is 0. The van der Waals surface area contributed by atoms with Crippen LogP contribution in [0.2, 0.25) is 0 Å². The third kappa shape index (κ3) is 3.36. The van der Waals surface area contributed by atoms with Crippen molar-refractivity contribution >= 4 is 11.9 Å². The minimum atomic E-state index is 0.229. The first-order chi connectivity index (χ1) is 12.0. The quantitative estimate of drug-likeness (QED) is 0.636. The van der Waals surface area contributed by atoms with Crippen LogP contribution in [-0.2, 0) is 6.42 Å². The minimum Gasteiger partial charge on any atom is -0.508 e. The number of nitrogens with zero attached hydrogens (tertiary/aromatic N) is 2. The summed E-state index contributed by atoms with van der Waals surface area (Å²) in [5.74, 6) is 0.229. The number of aliphatic imine (C=N–C) groups is 1. The van der Waals surface area contributed by atoms with Gasteiger partial charge in [-0.25, -0.2) is 0 Å². The van der Waals surface area contributed by atoms with Crippen molar-refractivity contribution in [2.75, 3.05) is 0 Å². The lowest BCUT2D eigenvalue weighted by molar-refractivity contribution is 0.475. The third-order valence-electron chi connectivity index (χ3n) is 4.58. The Morgan fingerprint density at radius 1 is 1.04 bits per heavy atom. The number of phenols is 1. The maximum atomic E-state index is 9.57. The Bertz CT molecular complexity index is 935. The van der Waals surface area contributed by atoms with Crippen molar-refractivity contribution in [3.8, 4) is 11.4 Å². The van der Waals surface area contributed by atoms with Crippen molar-refractivity contribution in [2.45, 2.75) is 34.1 Å². The lowest BCUT2D eigenvalue weighted by Crippen LogP contribution is -2.05. The predicted molar refractivity (Wildman–Crippen MR) is 105 cm³/mol. The molecule has 0 saturated heterocycles. The molecule has 128 valence electrons. The topological polar surface area (TPSA) is 37.5 Å². The van der Waals surface area contributed by atoms with Gasteiger partial charge in [0.2, 0.25) is 0 Å². The second kappa shape index (κ2) is 6.98. The van der Waals surface area contributed by atoms with Crippen molar-refractivity contribution in [3.05, 3.63) is 76.6 Å². The maximum Gasteiger partial charge on any atom is 0.117 e. The van der Waals surface area contributed by atoms with Crippen molar-refractivity contribution in [1.82, 2.24) is 4.57 Å². The summed E-state index contributed by atoms with van der Waals surface area (Å²) in [5.41, 5.74) is 8.10. The summed E-state index contributed by atoms with van der Waals surface area (Å²) < 4.78 is 2.32. The normalized spacial score (nSPS) is 11.4. The molecule has 0 spiro atoms. The zero-order valence-electron chi connectivity index (χ0n) is 15.2. The van der Waals surface area contributed by atoms with E-state index in [0.717, 1.165) is 17.7 Å². The van der Waals surface area contributed by atoms with Gasteiger partial charge in [0.25, 0.3) is 0 Å². The van der Waals surface area contributed by atoms with Gasteiger partial charge in [-0.3, -0.25) is 4.99 Å². The standard InChI is InChI=1S/C22H24N2O/c1-5-18-9-6-8-15(2)22(18)24-16(3)12-19(17(24)4)14-23-20-10-7-11-21(25)13-20/h6-14,25H,5H2,1-4H3. The third-order valence-corrected chi connectivity index (χ3v) is 4.58. The molecule has 1 N–H and O–H groups in total. The molecule has 0 atom stereocenters. The summed E-state index contributed by atoms with van der Waals surface area (Å²) in [6.45, 7) is 8.61. The fraction of sp³-hybridized carbons (Fsp3) is 0.227. The number of hydrogen-bond acceptors (Lipinski definition) is 2. The van der Waals surface area contributed by atoms with Crippen LogP contribution >= 0.6 is 0 Å². The molecule has 0 fully saturated rings. The summed E-state index contributed by atoms with van der Waals surface area (Å²) in [6, 6.07) is 15.6. The van der Waals surface area contributed by atoms with Gasteiger partial charge in [-0.1, -0.05) is 31.2 Å². The van der Waals surface area contributed by atoms with E-state index in [2.05, 4.69) is 61.5 Å². The molecule has 0 aliphatic carbocycles. The highest BCUT2D eigenvalue weighted by Crippen LogP contribution is 2.27. The first kappa shape index (κ1) is 17.0. The Balaban J connectivity index is 2.06. The first-order valence-corrected chi connectivity index (χ1v) is 8.62. The second-order valence-electron chi connectivity index (χ2n) is 6.38. The molecule has 1 aromatic heterocycles. The summed E-state index contributed by atoms with van der Waals surface area (Å²) in [5, 5.41) is 9.57. The number of para-hydroxylation sites is 1. The molecule has 0 bridgehead atoms. The Labute approximate surface area is 149 Å². The number of aryl methyl sites for hydroxylation is 3. The van der Waals surface area contributed by atoms with Gasteiger partial charge in [0, 0.05) is 29.2 Å². The van der Waals surface area contributed by atoms with Crippen LogP contribution in [0.5, 0.6) is 5.75 Å². The highest BCUT2D eigenvalue weighted by Gasteiger charge is 2.14. The lowest BCUT2D eigenvalue weighted by atomic mass is 10.1. The Kier molecular flexibility index (Phi) is 4.75. The zero-order valence-corrected chi connectivity index (χ0v) is 15.2. The van der Waals surface area contributed by atoms with E-state index in [1.54, 1.807) is 18.2 Å². The Morgan fingerprint density at radius 3 is 2.52 bits per heavy atom. The number of aromatic nitrogens is 1. The van der Waals surface area contributed by atoms with Crippen molar-refractivity contribution in [3.63, 3.8) is 0 Å². The highest BCUT2D eigenvalue weighted by molar-refractivity contribution is 5.84. The molecule has 3 heteroatoms. The molecular weight excluding hydrogens is 308 g/mol. The van der Waals surface area contributed by atoms with Gasteiger partial charge in [-0.2, -0.15) is 0 Å². The van der Waals surface area contributed by atoms with Crippen LogP contribution in [0.3, 0.4) is 0 Å². The highest BCUT2D eigenvalue weighted by atomic mass is 16.3. The SMILES string of the molecule is CCc1cccc(C)c1-n1c(C)cc(C=Nc2cccc(O)c2)c1C. The smallest absolute Gasteiger partial charge is 0.117 e. The summed E-state index contributed by atoms with van der Waals surface area (Å²) in [4.78, 5) is 4.51. The van der Waals surface area contributed by atoms with E-state index in [1.807, 2.05) is 12.3 Å². The van der Waals surface area contributed by atoms with Gasteiger partial charge < -0.3 is 9.67 Å². The van der Waals surface area contributed by atoms with Crippen LogP contribution in [0, 0.1) is 20.8 Å². The zero-order chi connectivity index (χ0) is 18.0. The molecular formula is C22H24N2O. The van der Waals surface area contributed by atoms with E-state index < -0.39 is 0 Å². The van der Waals surface area contributed by atoms with Gasteiger partial charge in [0.15, 0.2) is 0 Å². The molecule has 2 aromatic carbocycles. The van der Waals surface area contributed by atoms with Gasteiger partial charge in [0.05, 0.1) is 11.4 Å². The molecule has 0 unspecified atom stereocenters. The molecule has 0 saturated carbocycles. The second-order valence-corrected chi connectivity index (χ2v) is 6.38. The van der Waals surface area contributed by atoms with Crippen molar-refractivity contribution < 1.29 is 5.11 Å². The number of hydrogen-bond donors (Lipinski definition) is 1. The number of benzene rings is 2. The van der Waals surface area contributed by atoms with Crippen LogP contribution in [0.15, 0.2) is 53.5 Å². The van der Waals surface area contributed by atoms with Crippen LogP contribution in [0.25, 0.3) is 5.69 Å². The van der Waals surface area contributed by atoms with Crippen LogP contribution in [-0.4, -0.2) is 15.9 Å². The lowest BCUT2D eigenvalue weighted by Gasteiger charge is -2.17. The van der Waals surface area contributed by atoms with E-state index in [1.165, 1.54) is 28.2 Å². The van der Waals surface area contributed by atoms with Crippen LogP contribution in [0.1, 0.15) is 35.0 Å². The monoisotopic (exact) mass is 332 g/mol. The number of aromatic hydroxyl groups is 1. The van der Waals surface area contributed by atoms with E-state index in [-0.39, 0.29) is 5.75 Å². The minimum absolute atomic E-state index is 0.229. The van der Waals surface area contributed by atoms with E-state index in [4.69, 9.17) is 0 Å². The van der Waals surface area contributed by atoms with Gasteiger partial charge >= 0.3 is 0 Å². The maximum absolute atomic E-state index is 9.57. The fourth-order valence-electron chi connectivity index (χ4n) is 3.30. The average molecular weight is 332 g/mol. The van der Waals surface area contributed by atoms with Crippen molar-refractivity contribution in [1.29, 1.82) is 0 Å². The molecule has 25 heavy (non-hydrogen) atoms. The van der Waals surface area contributed by atoms with E-state index >= 15 is 0 Å². The summed E-state index contributed by atoms with van der Waals surface area (Å²) in [6.07, 6.45) is 2.87. The van der Waals surface area contributed by atoms with E-state index in [0.29, 0.717) is 0 Å². The van der Waals surface area contributed by atoms with Crippen molar-refractivity contribution in [2.24, 2.45) is 4.99 Å². The summed E-state index contributed by atoms with van der Waals surface area (Å²) >= 11 is 0. The number of rotatable bonds is 4. The predicted octanol–water partition coefficient (Wildman–Crippen LogP) is 5.42. The van der Waals surface area contributed by atoms with Gasteiger partial charge in [0.1, 0.15) is 5.75 Å². The molecule has 0 radical (unpaired) electrons. The van der Waals surface area contributed by atoms with Gasteiger partial charge in [-0.05, 0) is 56.5 Å². The Hall–Kier alpha value is -2.81. The number of phenolic OH excluding ortho intramolecular Hbond substituents is 1. The Morgan fingerprint density at radius 2 is 1.80 bits per heavy atom. The molecule has 0 aliphatic heterocycles. The molecule has 3 rings (SSSR count). The first-order valence-electron chi connectivity index (χ1n) is 8.62. The van der Waals surface area contributed by atoms with Crippen LogP contribution in [0.4, 0.5) is 5.69 Å². The van der Waals surface area contributed by atoms with Gasteiger partial charge in [-0.15, -0.1) is 0 Å². The average Bonchev–Trinajstić information content (AvgIpc) is 2.87.